The number of nitrogens with one attached hydrogen (secondary N) is 1. The van der Waals surface area contributed by atoms with Crippen LogP contribution in [-0.2, 0) is 24.3 Å². The van der Waals surface area contributed by atoms with E-state index in [9.17, 15) is 5.11 Å². The van der Waals surface area contributed by atoms with Crippen molar-refractivity contribution in [2.45, 2.75) is 45.3 Å². The van der Waals surface area contributed by atoms with Crippen molar-refractivity contribution in [3.05, 3.63) is 63.1 Å². The number of nitrogen functional groups attached to an aromatic ring is 1. The van der Waals surface area contributed by atoms with Crippen molar-refractivity contribution in [2.75, 3.05) is 25.5 Å². The molecule has 2 rings (SSSR count). The normalized spacial score (nSPS) is 11.1. The molecule has 0 atom stereocenters. The molecule has 0 bridgehead atoms. The average Bonchev–Trinajstić information content (AvgIpc) is 2.72. The Hall–Kier alpha value is -1.30. The molecule has 154 valence electrons. The average molecular weight is 425 g/mol. The number of rotatable bonds is 13. The van der Waals surface area contributed by atoms with Gasteiger partial charge in [-0.3, -0.25) is 0 Å². The van der Waals surface area contributed by atoms with Crippen LogP contribution in [-0.4, -0.2) is 24.9 Å². The molecule has 2 aromatic carbocycles. The van der Waals surface area contributed by atoms with Gasteiger partial charge in [-0.2, -0.15) is 0 Å². The van der Waals surface area contributed by atoms with Crippen LogP contribution in [0.15, 0.2) is 36.4 Å². The molecule has 0 aliphatic heterocycles. The number of ether oxygens (including phenoxy) is 1. The van der Waals surface area contributed by atoms with Gasteiger partial charge in [0.05, 0.1) is 28.9 Å². The minimum Gasteiger partial charge on any atom is -0.396 e. The van der Waals surface area contributed by atoms with Gasteiger partial charge < -0.3 is 20.9 Å². The number of hydrogen-bond donors (Lipinski definition) is 3. The Balaban J connectivity index is 1.51. The largest absolute Gasteiger partial charge is 0.396 e. The summed E-state index contributed by atoms with van der Waals surface area (Å²) in [4.78, 5) is 0. The van der Waals surface area contributed by atoms with E-state index in [2.05, 4.69) is 29.6 Å². The van der Waals surface area contributed by atoms with E-state index in [-0.39, 0.29) is 6.61 Å². The maximum atomic E-state index is 9.49. The van der Waals surface area contributed by atoms with E-state index in [1.807, 2.05) is 6.07 Å². The summed E-state index contributed by atoms with van der Waals surface area (Å²) in [5, 5.41) is 13.7. The first kappa shape index (κ1) is 23.0. The summed E-state index contributed by atoms with van der Waals surface area (Å²) < 4.78 is 5.71. The molecule has 6 heteroatoms. The summed E-state index contributed by atoms with van der Waals surface area (Å²) in [6, 6.07) is 12.1. The number of hydrogen-bond acceptors (Lipinski definition) is 4. The highest BCUT2D eigenvalue weighted by molar-refractivity contribution is 6.39. The van der Waals surface area contributed by atoms with Gasteiger partial charge in [-0.05, 0) is 48.6 Å². The molecule has 0 aliphatic rings. The minimum absolute atomic E-state index is 0.110. The first-order valence-corrected chi connectivity index (χ1v) is 10.6. The maximum Gasteiger partial charge on any atom is 0.0699 e. The van der Waals surface area contributed by atoms with Gasteiger partial charge in [-0.15, -0.1) is 0 Å². The van der Waals surface area contributed by atoms with Gasteiger partial charge in [0.25, 0.3) is 0 Å². The quantitative estimate of drug-likeness (QED) is 0.313. The topological polar surface area (TPSA) is 67.5 Å². The fraction of sp³-hybridized carbons (Fsp3) is 0.455. The Morgan fingerprint density at radius 3 is 2.50 bits per heavy atom. The second-order valence-electron chi connectivity index (χ2n) is 6.82. The number of benzene rings is 2. The molecule has 4 N–H and O–H groups in total. The fourth-order valence-electron chi connectivity index (χ4n) is 3.02. The molecule has 28 heavy (non-hydrogen) atoms. The second-order valence-corrected chi connectivity index (χ2v) is 7.61. The van der Waals surface area contributed by atoms with Gasteiger partial charge in [0.2, 0.25) is 0 Å². The standard InChI is InChI=1S/C22H30Cl2N2O2/c23-20-14-18(16-27)19(21(24)22(20)25)15-26-11-6-1-2-7-12-28-13-10-17-8-4-3-5-9-17/h3-5,8-9,14,26-27H,1-2,6-7,10-13,15-16,25H2. The molecular weight excluding hydrogens is 395 g/mol. The van der Waals surface area contributed by atoms with Crippen LogP contribution in [0.4, 0.5) is 5.69 Å². The molecule has 0 fully saturated rings. The SMILES string of the molecule is Nc1c(Cl)cc(CO)c(CNCCCCCCOCCc2ccccc2)c1Cl. The van der Waals surface area contributed by atoms with Crippen LogP contribution < -0.4 is 11.1 Å². The molecular formula is C22H30Cl2N2O2. The second kappa shape index (κ2) is 13.0. The van der Waals surface area contributed by atoms with Crippen molar-refractivity contribution in [3.8, 4) is 0 Å². The highest BCUT2D eigenvalue weighted by Gasteiger charge is 2.13. The Morgan fingerprint density at radius 2 is 1.75 bits per heavy atom. The summed E-state index contributed by atoms with van der Waals surface area (Å²) in [6.07, 6.45) is 5.45. The predicted octanol–water partition coefficient (Wildman–Crippen LogP) is 4.98. The molecule has 0 amide bonds. The zero-order chi connectivity index (χ0) is 20.2. The molecule has 0 aliphatic carbocycles. The van der Waals surface area contributed by atoms with Gasteiger partial charge in [0.15, 0.2) is 0 Å². The van der Waals surface area contributed by atoms with Gasteiger partial charge in [-0.25, -0.2) is 0 Å². The lowest BCUT2D eigenvalue weighted by atomic mass is 10.1. The lowest BCUT2D eigenvalue weighted by Gasteiger charge is -2.14. The van der Waals surface area contributed by atoms with E-state index >= 15 is 0 Å². The lowest BCUT2D eigenvalue weighted by Crippen LogP contribution is -2.17. The highest BCUT2D eigenvalue weighted by atomic mass is 35.5. The van der Waals surface area contributed by atoms with Crippen LogP contribution >= 0.6 is 23.2 Å². The third kappa shape index (κ3) is 7.61. The fourth-order valence-corrected chi connectivity index (χ4v) is 3.58. The van der Waals surface area contributed by atoms with Gasteiger partial charge in [-0.1, -0.05) is 66.4 Å². The minimum atomic E-state index is -0.110. The molecule has 2 aromatic rings. The van der Waals surface area contributed by atoms with Crippen LogP contribution in [0.3, 0.4) is 0 Å². The number of halogens is 2. The molecule has 0 spiro atoms. The van der Waals surface area contributed by atoms with Crippen LogP contribution in [0.1, 0.15) is 42.4 Å². The van der Waals surface area contributed by atoms with Crippen molar-refractivity contribution in [1.82, 2.24) is 5.32 Å². The number of anilines is 1. The van der Waals surface area contributed by atoms with Crippen LogP contribution in [0.5, 0.6) is 0 Å². The van der Waals surface area contributed by atoms with Crippen molar-refractivity contribution in [1.29, 1.82) is 0 Å². The van der Waals surface area contributed by atoms with E-state index in [4.69, 9.17) is 33.7 Å². The monoisotopic (exact) mass is 424 g/mol. The van der Waals surface area contributed by atoms with Gasteiger partial charge in [0, 0.05) is 13.2 Å². The molecule has 0 radical (unpaired) electrons. The van der Waals surface area contributed by atoms with Crippen LogP contribution in [0.25, 0.3) is 0 Å². The number of unbranched alkanes of at least 4 members (excludes halogenated alkanes) is 3. The first-order chi connectivity index (χ1) is 13.6. The molecule has 0 saturated heterocycles. The number of nitrogens with two attached hydrogens (primary N) is 1. The van der Waals surface area contributed by atoms with Crippen LogP contribution in [0, 0.1) is 0 Å². The summed E-state index contributed by atoms with van der Waals surface area (Å²) in [5.74, 6) is 0. The van der Waals surface area contributed by atoms with Crippen LogP contribution in [0.2, 0.25) is 10.0 Å². The van der Waals surface area contributed by atoms with E-state index < -0.39 is 0 Å². The van der Waals surface area contributed by atoms with E-state index in [0.29, 0.717) is 27.8 Å². The summed E-state index contributed by atoms with van der Waals surface area (Å²) in [5.41, 5.74) is 9.09. The van der Waals surface area contributed by atoms with Gasteiger partial charge >= 0.3 is 0 Å². The van der Waals surface area contributed by atoms with Gasteiger partial charge in [0.1, 0.15) is 0 Å². The summed E-state index contributed by atoms with van der Waals surface area (Å²) >= 11 is 12.3. The Kier molecular flexibility index (Phi) is 10.7. The lowest BCUT2D eigenvalue weighted by molar-refractivity contribution is 0.133. The molecule has 0 heterocycles. The third-order valence-corrected chi connectivity index (χ3v) is 5.43. The molecule has 4 nitrogen and oxygen atoms in total. The van der Waals surface area contributed by atoms with Crippen molar-refractivity contribution < 1.29 is 9.84 Å². The first-order valence-electron chi connectivity index (χ1n) is 9.82. The highest BCUT2D eigenvalue weighted by Crippen LogP contribution is 2.33. The number of aliphatic hydroxyl groups is 1. The summed E-state index contributed by atoms with van der Waals surface area (Å²) in [6.45, 7) is 2.95. The third-order valence-electron chi connectivity index (χ3n) is 4.69. The van der Waals surface area contributed by atoms with Crippen molar-refractivity contribution in [2.24, 2.45) is 0 Å². The van der Waals surface area contributed by atoms with E-state index in [1.54, 1.807) is 6.07 Å². The number of aliphatic hydroxyl groups excluding tert-OH is 1. The molecule has 0 saturated carbocycles. The Bertz CT molecular complexity index is 711. The summed E-state index contributed by atoms with van der Waals surface area (Å²) in [7, 11) is 0. The zero-order valence-corrected chi connectivity index (χ0v) is 17.7. The zero-order valence-electron chi connectivity index (χ0n) is 16.2. The Labute approximate surface area is 178 Å². The Morgan fingerprint density at radius 1 is 1.00 bits per heavy atom. The van der Waals surface area contributed by atoms with Crippen molar-refractivity contribution in [3.63, 3.8) is 0 Å². The molecule has 0 aromatic heterocycles. The smallest absolute Gasteiger partial charge is 0.0699 e. The van der Waals surface area contributed by atoms with E-state index in [0.717, 1.165) is 57.4 Å². The maximum absolute atomic E-state index is 9.49. The van der Waals surface area contributed by atoms with E-state index in [1.165, 1.54) is 5.56 Å². The predicted molar refractivity (Wildman–Crippen MR) is 118 cm³/mol. The molecule has 0 unspecified atom stereocenters. The van der Waals surface area contributed by atoms with Crippen molar-refractivity contribution >= 4 is 28.9 Å².